The fraction of sp³-hybridized carbons (Fsp3) is 0.451. The maximum atomic E-state index is 13.9. The van der Waals surface area contributed by atoms with Gasteiger partial charge in [0.1, 0.15) is 65.2 Å². The number of nitrogens with zero attached hydrogens (tertiary/aromatic N) is 1. The van der Waals surface area contributed by atoms with Crippen LogP contribution in [0.4, 0.5) is 0 Å². The number of fused-ring (bicyclic) bond motifs is 4. The van der Waals surface area contributed by atoms with Gasteiger partial charge in [0.15, 0.2) is 16.8 Å². The summed E-state index contributed by atoms with van der Waals surface area (Å²) in [6.07, 6.45) is 5.74. The summed E-state index contributed by atoms with van der Waals surface area (Å²) in [4.78, 5) is 43.3. The molecule has 1 saturated heterocycles. The van der Waals surface area contributed by atoms with E-state index in [0.29, 0.717) is 75.9 Å². The van der Waals surface area contributed by atoms with Gasteiger partial charge in [0.2, 0.25) is 5.91 Å². The molecule has 4 aliphatic rings. The molecule has 16 heteroatoms. The fourth-order valence-electron chi connectivity index (χ4n) is 11.8. The van der Waals surface area contributed by atoms with Gasteiger partial charge >= 0.3 is 0 Å². The molecule has 8 unspecified atom stereocenters. The second kappa shape index (κ2) is 17.1. The van der Waals surface area contributed by atoms with Crippen LogP contribution in [0.25, 0.3) is 38.3 Å². The monoisotopic (exact) mass is 919 g/mol. The van der Waals surface area contributed by atoms with E-state index in [-0.39, 0.29) is 41.1 Å². The van der Waals surface area contributed by atoms with Crippen molar-refractivity contribution in [2.24, 2.45) is 17.3 Å². The van der Waals surface area contributed by atoms with Crippen molar-refractivity contribution in [3.8, 4) is 22.9 Å². The SMILES string of the molecule is CCc1c2cc[nH]c2cn1-c1c2c(cc3c(=O)cc(C)oc13)CC(OOCC(O)(Cc1ccc(O)c3ccc(O)cc13)C(O)C(O)C(O)CO)C1(CC=CC(C3CNC(=O)C34CCCC4)C1)O2. The maximum absolute atomic E-state index is 13.9. The minimum Gasteiger partial charge on any atom is -0.508 e. The zero-order chi connectivity index (χ0) is 47.0. The molecule has 3 aromatic carbocycles. The van der Waals surface area contributed by atoms with Crippen LogP contribution in [0, 0.1) is 24.2 Å². The number of aromatic amines is 1. The first-order valence-corrected chi connectivity index (χ1v) is 23.2. The van der Waals surface area contributed by atoms with Crippen molar-refractivity contribution in [3.63, 3.8) is 0 Å². The topological polar surface area (TPSA) is 249 Å². The third-order valence-corrected chi connectivity index (χ3v) is 15.3. The number of aliphatic hydroxyl groups is 5. The van der Waals surface area contributed by atoms with Crippen LogP contribution in [-0.4, -0.2) is 107 Å². The number of H-pyrrole nitrogens is 1. The van der Waals surface area contributed by atoms with Crippen molar-refractivity contribution >= 4 is 38.6 Å². The predicted molar refractivity (Wildman–Crippen MR) is 246 cm³/mol. The summed E-state index contributed by atoms with van der Waals surface area (Å²) in [6.45, 7) is 2.59. The molecular formula is C51H57N3O13. The Bertz CT molecular complexity index is 2970. The van der Waals surface area contributed by atoms with Gasteiger partial charge in [-0.1, -0.05) is 38.0 Å². The summed E-state index contributed by atoms with van der Waals surface area (Å²) in [5, 5.41) is 81.5. The van der Waals surface area contributed by atoms with E-state index in [0.717, 1.165) is 42.3 Å². The zero-order valence-corrected chi connectivity index (χ0v) is 37.4. The molecule has 6 aromatic rings. The van der Waals surface area contributed by atoms with Gasteiger partial charge in [-0.05, 0) is 91.8 Å². The van der Waals surface area contributed by atoms with Gasteiger partial charge in [-0.2, -0.15) is 0 Å². The molecule has 5 heterocycles. The highest BCUT2D eigenvalue weighted by Gasteiger charge is 2.58. The quantitative estimate of drug-likeness (QED) is 0.0429. The van der Waals surface area contributed by atoms with Gasteiger partial charge < -0.3 is 59.8 Å². The van der Waals surface area contributed by atoms with Crippen molar-refractivity contribution in [2.75, 3.05) is 19.8 Å². The van der Waals surface area contributed by atoms with E-state index in [1.165, 1.54) is 36.4 Å². The smallest absolute Gasteiger partial charge is 0.226 e. The van der Waals surface area contributed by atoms with Gasteiger partial charge in [-0.3, -0.25) is 9.59 Å². The number of aryl methyl sites for hydroxylation is 2. The summed E-state index contributed by atoms with van der Waals surface area (Å²) in [7, 11) is 0. The van der Waals surface area contributed by atoms with E-state index in [1.54, 1.807) is 13.0 Å². The molecule has 67 heavy (non-hydrogen) atoms. The molecule has 10 rings (SSSR count). The van der Waals surface area contributed by atoms with E-state index in [1.807, 2.05) is 23.0 Å². The number of phenols is 2. The Morgan fingerprint density at radius 2 is 1.81 bits per heavy atom. The molecule has 0 radical (unpaired) electrons. The Hall–Kier alpha value is -5.72. The number of phenolic OH excluding ortho intramolecular Hbond substituents is 2. The van der Waals surface area contributed by atoms with E-state index < -0.39 is 60.7 Å². The fourth-order valence-corrected chi connectivity index (χ4v) is 11.8. The number of amides is 1. The molecular weight excluding hydrogens is 863 g/mol. The van der Waals surface area contributed by atoms with Crippen molar-refractivity contribution in [3.05, 3.63) is 106 Å². The highest BCUT2D eigenvalue weighted by atomic mass is 17.2. The number of aromatic nitrogens is 2. The molecule has 3 aromatic heterocycles. The average Bonchev–Trinajstić information content (AvgIpc) is 4.12. The first-order chi connectivity index (χ1) is 32.2. The summed E-state index contributed by atoms with van der Waals surface area (Å²) in [5.74, 6) is 0.616. The van der Waals surface area contributed by atoms with Gasteiger partial charge in [0, 0.05) is 66.3 Å². The minimum atomic E-state index is -2.42. The summed E-state index contributed by atoms with van der Waals surface area (Å²) < 4.78 is 15.9. The highest BCUT2D eigenvalue weighted by Crippen LogP contribution is 2.55. The Morgan fingerprint density at radius 3 is 2.58 bits per heavy atom. The average molecular weight is 920 g/mol. The van der Waals surface area contributed by atoms with Crippen LogP contribution in [0.15, 0.2) is 82.3 Å². The Balaban J connectivity index is 1.07. The second-order valence-corrected chi connectivity index (χ2v) is 19.3. The first kappa shape index (κ1) is 45.1. The maximum Gasteiger partial charge on any atom is 0.226 e. The standard InChI is InChI=1S/C51H57N3O13/c1-3-38-33-12-16-52-37(33)24-54(38)43-45-30(18-35-40(58)17-27(2)65-46(35)43)19-42(51(66-45)15-6-7-29(22-51)36-23-53-48(62)49(36)13-4-5-14-49)67-64-26-50(63,47(61)44(60)41(59)25-55)21-28-8-11-39(57)32-10-9-31(56)20-34(28)32/h6-12,16-18,20,24,29,36,41-42,44,47,52,55-57,59-61,63H,3-5,13-15,19,21-23,25-26H2,1-2H3,(H,53,62). The number of benzene rings is 3. The number of ether oxygens (including phenoxy) is 1. The lowest BCUT2D eigenvalue weighted by Crippen LogP contribution is -2.58. The van der Waals surface area contributed by atoms with Crippen molar-refractivity contribution in [1.82, 2.24) is 14.9 Å². The number of aliphatic hydroxyl groups excluding tert-OH is 4. The number of hydrogen-bond acceptors (Lipinski definition) is 13. The van der Waals surface area contributed by atoms with E-state index >= 15 is 0 Å². The number of aromatic hydroxyl groups is 2. The second-order valence-electron chi connectivity index (χ2n) is 19.3. The van der Waals surface area contributed by atoms with E-state index in [4.69, 9.17) is 18.9 Å². The first-order valence-electron chi connectivity index (χ1n) is 23.2. The molecule has 2 aliphatic carbocycles. The molecule has 0 bridgehead atoms. The molecule has 1 saturated carbocycles. The number of rotatable bonds is 13. The Morgan fingerprint density at radius 1 is 1.00 bits per heavy atom. The number of nitrogens with one attached hydrogen (secondary N) is 2. The van der Waals surface area contributed by atoms with Gasteiger partial charge in [-0.15, -0.1) is 0 Å². The van der Waals surface area contributed by atoms with Crippen LogP contribution in [-0.2, 0) is 33.8 Å². The summed E-state index contributed by atoms with van der Waals surface area (Å²) in [6, 6.07) is 12.4. The number of allylic oxidation sites excluding steroid dienone is 1. The molecule has 2 aliphatic heterocycles. The van der Waals surface area contributed by atoms with Crippen molar-refractivity contribution in [2.45, 2.75) is 107 Å². The summed E-state index contributed by atoms with van der Waals surface area (Å²) >= 11 is 0. The van der Waals surface area contributed by atoms with Crippen LogP contribution in [0.5, 0.6) is 17.2 Å². The molecule has 354 valence electrons. The largest absolute Gasteiger partial charge is 0.508 e. The van der Waals surface area contributed by atoms with Crippen molar-refractivity contribution in [1.29, 1.82) is 0 Å². The highest BCUT2D eigenvalue weighted by molar-refractivity contribution is 5.93. The zero-order valence-electron chi connectivity index (χ0n) is 37.4. The van der Waals surface area contributed by atoms with Crippen LogP contribution in [0.3, 0.4) is 0 Å². The normalized spacial score (nSPS) is 24.6. The van der Waals surface area contributed by atoms with E-state index in [9.17, 15) is 45.3 Å². The van der Waals surface area contributed by atoms with Crippen LogP contribution >= 0.6 is 0 Å². The molecule has 1 amide bonds. The number of carbonyl (C=O) groups excluding carboxylic acids is 1. The lowest BCUT2D eigenvalue weighted by atomic mass is 9.64. The van der Waals surface area contributed by atoms with Gasteiger partial charge in [-0.25, -0.2) is 9.78 Å². The Labute approximate surface area is 385 Å². The number of hydrogen-bond donors (Lipinski definition) is 9. The lowest BCUT2D eigenvalue weighted by Gasteiger charge is -2.48. The van der Waals surface area contributed by atoms with Crippen LogP contribution < -0.4 is 15.5 Å². The Kier molecular flexibility index (Phi) is 11.5. The predicted octanol–water partition coefficient (Wildman–Crippen LogP) is 4.81. The molecule has 8 atom stereocenters. The van der Waals surface area contributed by atoms with Crippen LogP contribution in [0.2, 0.25) is 0 Å². The molecule has 2 fully saturated rings. The molecule has 9 N–H and O–H groups in total. The lowest BCUT2D eigenvalue weighted by molar-refractivity contribution is -0.373. The third-order valence-electron chi connectivity index (χ3n) is 15.3. The third kappa shape index (κ3) is 7.50. The van der Waals surface area contributed by atoms with Crippen molar-refractivity contribution < 1.29 is 59.5 Å². The van der Waals surface area contributed by atoms with E-state index in [2.05, 4.69) is 29.4 Å². The van der Waals surface area contributed by atoms with Crippen LogP contribution in [0.1, 0.15) is 68.0 Å². The van der Waals surface area contributed by atoms with Gasteiger partial charge in [0.25, 0.3) is 0 Å². The molecule has 16 nitrogen and oxygen atoms in total. The minimum absolute atomic E-state index is 0.0320. The molecule has 2 spiro atoms. The summed E-state index contributed by atoms with van der Waals surface area (Å²) in [5.41, 5.74) is -0.597. The van der Waals surface area contributed by atoms with Gasteiger partial charge in [0.05, 0.1) is 22.9 Å². The number of carbonyl (C=O) groups is 1.